The average molecular weight is 618 g/mol. The molecule has 200 valence electrons. The second-order valence-corrected chi connectivity index (χ2v) is 7.61. The van der Waals surface area contributed by atoms with Crippen molar-refractivity contribution >= 4 is 0 Å². The Morgan fingerprint density at radius 3 is 0.909 bits per heavy atom. The molecule has 4 rings (SSSR count). The first-order valence-corrected chi connectivity index (χ1v) is 10.9. The number of rotatable bonds is 0. The van der Waals surface area contributed by atoms with Crippen molar-refractivity contribution in [2.24, 2.45) is 0 Å². The van der Waals surface area contributed by atoms with Crippen LogP contribution in [0.4, 0.5) is 0 Å². The zero-order valence-corrected chi connectivity index (χ0v) is 24.9. The fraction of sp³-hybridized carbons (Fsp3) is 0.958. The predicted molar refractivity (Wildman–Crippen MR) is 136 cm³/mol. The van der Waals surface area contributed by atoms with Crippen molar-refractivity contribution in [3.63, 3.8) is 0 Å². The molecule has 0 unspecified atom stereocenters. The molecule has 4 aliphatic heterocycles. The number of hydrogen-bond donors (Lipinski definition) is 0. The average Bonchev–Trinajstić information content (AvgIpc) is 2.73. The number of likely N-dealkylation sites (N-methyl/N-ethyl adjacent to an activating group) is 1. The van der Waals surface area contributed by atoms with E-state index in [-0.39, 0.29) is 96.5 Å². The number of hydrogen-bond acceptors (Lipinski definition) is 2. The Morgan fingerprint density at radius 1 is 0.455 bits per heavy atom. The maximum absolute atomic E-state index is 4.19. The molecule has 4 saturated heterocycles. The molecule has 0 aromatic rings. The van der Waals surface area contributed by atoms with Crippen LogP contribution in [0.1, 0.15) is 73.6 Å². The minimum Gasteiger partial charge on any atom is -0.662 e. The van der Waals surface area contributed by atoms with E-state index >= 15 is 0 Å². The van der Waals surface area contributed by atoms with Gasteiger partial charge in [0.2, 0.25) is 0 Å². The van der Waals surface area contributed by atoms with Gasteiger partial charge >= 0.3 is 0 Å². The van der Waals surface area contributed by atoms with Crippen LogP contribution in [0.25, 0.3) is 16.0 Å². The summed E-state index contributed by atoms with van der Waals surface area (Å²) in [6.07, 6.45) is 13.1. The molecule has 4 heterocycles. The van der Waals surface area contributed by atoms with Gasteiger partial charge in [0.15, 0.2) is 0 Å². The van der Waals surface area contributed by atoms with Crippen LogP contribution < -0.4 is 0 Å². The Balaban J connectivity index is -0.0000000511. The fourth-order valence-corrected chi connectivity index (χ4v) is 3.06. The van der Waals surface area contributed by atoms with Crippen LogP contribution in [0, 0.1) is 6.42 Å². The molecule has 0 aromatic carbocycles. The Bertz CT molecular complexity index is 235. The van der Waals surface area contributed by atoms with E-state index in [2.05, 4.69) is 46.3 Å². The van der Waals surface area contributed by atoms with E-state index in [1.165, 1.54) is 64.5 Å². The third-order valence-electron chi connectivity index (χ3n) is 4.97. The van der Waals surface area contributed by atoms with Crippen LogP contribution in [-0.2, 0) is 74.2 Å². The summed E-state index contributed by atoms with van der Waals surface area (Å²) in [6, 6.07) is 0. The Labute approximate surface area is 257 Å². The first-order valence-electron chi connectivity index (χ1n) is 10.9. The third-order valence-corrected chi connectivity index (χ3v) is 4.97. The molecular weight excluding hydrogens is 562 g/mol. The standard InChI is InChI=1S/C6H12N.C5H11N2.2C5H10N.3CH4.4V/c1-7-5-3-2-4-6-7;1-7-4-2-6-3-5-7;2*1-2-4-6-5-3-1;;;;;;;/h2H,3-6H2,1H3;2-5H2,1H3;2*1-5H2;3*1H4;;;;/q4*-1;;;;;;;. The molecule has 0 atom stereocenters. The predicted octanol–water partition coefficient (Wildman–Crippen LogP) is 6.21. The van der Waals surface area contributed by atoms with Gasteiger partial charge in [-0.1, -0.05) is 60.8 Å². The van der Waals surface area contributed by atoms with Crippen molar-refractivity contribution in [1.82, 2.24) is 9.80 Å². The van der Waals surface area contributed by atoms with Crippen LogP contribution in [0.5, 0.6) is 0 Å². The zero-order chi connectivity index (χ0) is 18.7. The maximum Gasteiger partial charge on any atom is 0 e. The molecule has 0 bridgehead atoms. The molecule has 0 saturated carbocycles. The normalized spacial score (nSPS) is 19.5. The van der Waals surface area contributed by atoms with Crippen LogP contribution in [0.2, 0.25) is 0 Å². The van der Waals surface area contributed by atoms with E-state index < -0.39 is 0 Å². The van der Waals surface area contributed by atoms with Gasteiger partial charge in [0.25, 0.3) is 0 Å². The Kier molecular flexibility index (Phi) is 64.7. The molecule has 4 radical (unpaired) electrons. The summed E-state index contributed by atoms with van der Waals surface area (Å²) < 4.78 is 0. The van der Waals surface area contributed by atoms with Crippen molar-refractivity contribution in [1.29, 1.82) is 0 Å². The second kappa shape index (κ2) is 41.3. The van der Waals surface area contributed by atoms with Crippen molar-refractivity contribution in [3.8, 4) is 0 Å². The van der Waals surface area contributed by atoms with Gasteiger partial charge in [-0.05, 0) is 40.3 Å². The van der Waals surface area contributed by atoms with Gasteiger partial charge in [0.05, 0.1) is 0 Å². The van der Waals surface area contributed by atoms with E-state index in [9.17, 15) is 0 Å². The summed E-state index contributed by atoms with van der Waals surface area (Å²) in [5.41, 5.74) is 0. The summed E-state index contributed by atoms with van der Waals surface area (Å²) in [6.45, 7) is 11.4. The van der Waals surface area contributed by atoms with Gasteiger partial charge in [0.1, 0.15) is 0 Å². The first kappa shape index (κ1) is 51.7. The fourth-order valence-electron chi connectivity index (χ4n) is 3.06. The number of likely N-dealkylation sites (tertiary alicyclic amines) is 1. The Hall–Kier alpha value is 2.14. The van der Waals surface area contributed by atoms with Crippen molar-refractivity contribution in [2.75, 3.05) is 79.5 Å². The Morgan fingerprint density at radius 2 is 0.758 bits per heavy atom. The van der Waals surface area contributed by atoms with Crippen molar-refractivity contribution in [2.45, 2.75) is 73.6 Å². The molecule has 0 aliphatic carbocycles. The third kappa shape index (κ3) is 38.8. The van der Waals surface area contributed by atoms with E-state index in [0.29, 0.717) is 0 Å². The van der Waals surface area contributed by atoms with Crippen LogP contribution >= 0.6 is 0 Å². The molecule has 5 nitrogen and oxygen atoms in total. The summed E-state index contributed by atoms with van der Waals surface area (Å²) in [7, 11) is 4.31. The molecule has 0 aromatic heterocycles. The topological polar surface area (TPSA) is 48.8 Å². The van der Waals surface area contributed by atoms with Crippen molar-refractivity contribution in [3.05, 3.63) is 22.4 Å². The summed E-state index contributed by atoms with van der Waals surface area (Å²) >= 11 is 0. The zero-order valence-electron chi connectivity index (χ0n) is 19.3. The molecule has 9 heteroatoms. The van der Waals surface area contributed by atoms with E-state index in [1.807, 2.05) is 0 Å². The number of piperidine rings is 3. The van der Waals surface area contributed by atoms with Gasteiger partial charge in [-0.2, -0.15) is 12.8 Å². The van der Waals surface area contributed by atoms with Gasteiger partial charge in [-0.25, -0.2) is 0 Å². The van der Waals surface area contributed by atoms with Crippen LogP contribution in [0.3, 0.4) is 0 Å². The molecule has 33 heavy (non-hydrogen) atoms. The van der Waals surface area contributed by atoms with Gasteiger partial charge in [-0.15, -0.1) is 39.3 Å². The summed E-state index contributed by atoms with van der Waals surface area (Å²) in [5.74, 6) is 0. The largest absolute Gasteiger partial charge is 0.662 e. The minimum atomic E-state index is 0. The smallest absolute Gasteiger partial charge is 0 e. The van der Waals surface area contributed by atoms with E-state index in [0.717, 1.165) is 52.4 Å². The monoisotopic (exact) mass is 617 g/mol. The minimum absolute atomic E-state index is 0. The van der Waals surface area contributed by atoms with Gasteiger partial charge in [0, 0.05) is 74.2 Å². The molecule has 0 amide bonds. The SMILES string of the molecule is C.C.C.C1CC[N-]CC1.C1CC[N-]CC1.CN1CC[CH-]CC1.CN1CC[N-]CC1.[V].[V].[V].[V]. The molecule has 4 aliphatic rings. The molecule has 0 N–H and O–H groups in total. The van der Waals surface area contributed by atoms with Crippen molar-refractivity contribution < 1.29 is 74.2 Å². The van der Waals surface area contributed by atoms with E-state index in [1.54, 1.807) is 0 Å². The first-order chi connectivity index (χ1) is 12.8. The second-order valence-electron chi connectivity index (χ2n) is 7.61. The molecule has 4 fully saturated rings. The van der Waals surface area contributed by atoms with Gasteiger partial charge in [-0.3, -0.25) is 0 Å². The van der Waals surface area contributed by atoms with E-state index in [4.69, 9.17) is 0 Å². The number of piperazine rings is 1. The quantitative estimate of drug-likeness (QED) is 0.304. The summed E-state index contributed by atoms with van der Waals surface area (Å²) in [4.78, 5) is 4.66. The molecule has 0 spiro atoms. The van der Waals surface area contributed by atoms with Crippen LogP contribution in [0.15, 0.2) is 0 Å². The number of nitrogens with zero attached hydrogens (tertiary/aromatic N) is 5. The van der Waals surface area contributed by atoms with Gasteiger partial charge < -0.3 is 32.2 Å². The molecular formula is C24H55N5V4-4. The van der Waals surface area contributed by atoms with Crippen LogP contribution in [-0.4, -0.2) is 89.3 Å². The summed E-state index contributed by atoms with van der Waals surface area (Å²) in [5, 5.41) is 12.5. The maximum atomic E-state index is 4.19.